The van der Waals surface area contributed by atoms with Crippen molar-refractivity contribution in [3.63, 3.8) is 0 Å². The van der Waals surface area contributed by atoms with E-state index >= 15 is 0 Å². The van der Waals surface area contributed by atoms with Crippen LogP contribution in [0.3, 0.4) is 0 Å². The summed E-state index contributed by atoms with van der Waals surface area (Å²) in [5, 5.41) is 13.3. The Hall–Kier alpha value is -2.32. The van der Waals surface area contributed by atoms with Gasteiger partial charge < -0.3 is 15.2 Å². The number of fused-ring (bicyclic) bond motifs is 2. The number of aliphatic carboxylic acids is 1. The molecule has 2 aliphatic rings. The van der Waals surface area contributed by atoms with Gasteiger partial charge in [-0.15, -0.1) is 0 Å². The highest BCUT2D eigenvalue weighted by atomic mass is 32.2. The number of aromatic nitrogens is 2. The fourth-order valence-corrected chi connectivity index (χ4v) is 5.01. The average Bonchev–Trinajstić information content (AvgIpc) is 2.82. The number of likely N-dealkylation sites (tertiary alicyclic amines) is 1. The minimum atomic E-state index is -0.688. The molecule has 7 nitrogen and oxygen atoms in total. The molecule has 1 unspecified atom stereocenters. The summed E-state index contributed by atoms with van der Waals surface area (Å²) in [7, 11) is 1.72. The molecular formula is C25H36N4O3S. The topological polar surface area (TPSA) is 87.6 Å². The molecule has 3 heterocycles. The number of carboxylic acids is 1. The van der Waals surface area contributed by atoms with Crippen LogP contribution < -0.4 is 10.1 Å². The molecular weight excluding hydrogens is 436 g/mol. The van der Waals surface area contributed by atoms with E-state index in [9.17, 15) is 4.79 Å². The van der Waals surface area contributed by atoms with Gasteiger partial charge in [-0.25, -0.2) is 9.97 Å². The van der Waals surface area contributed by atoms with E-state index in [2.05, 4.69) is 46.2 Å². The first-order valence-electron chi connectivity index (χ1n) is 11.9. The number of hydrogen-bond donors (Lipinski definition) is 2. The van der Waals surface area contributed by atoms with Crippen LogP contribution in [-0.4, -0.2) is 46.1 Å². The maximum atomic E-state index is 11.0. The predicted octanol–water partition coefficient (Wildman–Crippen LogP) is 5.82. The molecule has 1 fully saturated rings. The summed E-state index contributed by atoms with van der Waals surface area (Å²) in [6.45, 7) is 8.95. The number of nitrogens with one attached hydrogen (secondary N) is 1. The summed E-state index contributed by atoms with van der Waals surface area (Å²) in [6.07, 6.45) is 8.67. The van der Waals surface area contributed by atoms with Crippen molar-refractivity contribution in [1.29, 1.82) is 0 Å². The Kier molecular flexibility index (Phi) is 9.38. The van der Waals surface area contributed by atoms with Crippen molar-refractivity contribution in [3.05, 3.63) is 30.1 Å². The quantitative estimate of drug-likeness (QED) is 0.445. The monoisotopic (exact) mass is 472 g/mol. The Labute approximate surface area is 201 Å². The second-order valence-corrected chi connectivity index (χ2v) is 9.87. The van der Waals surface area contributed by atoms with E-state index in [4.69, 9.17) is 9.84 Å². The Bertz CT molecular complexity index is 932. The van der Waals surface area contributed by atoms with Crippen molar-refractivity contribution in [2.45, 2.75) is 69.3 Å². The van der Waals surface area contributed by atoms with Gasteiger partial charge in [0.2, 0.25) is 0 Å². The number of piperidine rings is 1. The van der Waals surface area contributed by atoms with E-state index in [0.717, 1.165) is 78.1 Å². The third-order valence-corrected chi connectivity index (χ3v) is 7.09. The number of ether oxygens (including phenoxy) is 1. The first kappa shape index (κ1) is 25.3. The van der Waals surface area contributed by atoms with Crippen LogP contribution in [0.2, 0.25) is 0 Å². The molecule has 0 radical (unpaired) electrons. The molecule has 33 heavy (non-hydrogen) atoms. The number of rotatable bonds is 7. The molecule has 0 spiro atoms. The molecule has 2 aromatic rings. The van der Waals surface area contributed by atoms with E-state index in [0.29, 0.717) is 5.92 Å². The van der Waals surface area contributed by atoms with Crippen LogP contribution in [0.4, 0.5) is 11.5 Å². The predicted molar refractivity (Wildman–Crippen MR) is 132 cm³/mol. The molecule has 0 saturated carbocycles. The lowest BCUT2D eigenvalue weighted by Gasteiger charge is -2.33. The molecule has 180 valence electrons. The normalized spacial score (nSPS) is 16.5. The van der Waals surface area contributed by atoms with Crippen molar-refractivity contribution >= 4 is 29.2 Å². The summed E-state index contributed by atoms with van der Waals surface area (Å²) in [5.41, 5.74) is 2.20. The van der Waals surface area contributed by atoms with Crippen molar-refractivity contribution in [1.82, 2.24) is 14.9 Å². The van der Waals surface area contributed by atoms with Gasteiger partial charge in [0.05, 0.1) is 18.7 Å². The molecule has 0 bridgehead atoms. The second kappa shape index (κ2) is 12.2. The first-order valence-corrected chi connectivity index (χ1v) is 12.7. The van der Waals surface area contributed by atoms with E-state index in [1.807, 2.05) is 0 Å². The lowest BCUT2D eigenvalue weighted by Crippen LogP contribution is -2.33. The van der Waals surface area contributed by atoms with Crippen LogP contribution in [0.1, 0.15) is 58.4 Å². The number of carboxylic acid groups (broad SMARTS) is 1. The molecule has 1 saturated heterocycles. The molecule has 1 aromatic heterocycles. The Morgan fingerprint density at radius 1 is 1.27 bits per heavy atom. The summed E-state index contributed by atoms with van der Waals surface area (Å²) in [4.78, 5) is 23.4. The molecule has 4 rings (SSSR count). The highest BCUT2D eigenvalue weighted by molar-refractivity contribution is 7.99. The van der Waals surface area contributed by atoms with Gasteiger partial charge >= 0.3 is 5.97 Å². The first-order chi connectivity index (χ1) is 15.9. The van der Waals surface area contributed by atoms with Crippen LogP contribution in [-0.2, 0) is 11.3 Å². The van der Waals surface area contributed by atoms with E-state index in [-0.39, 0.29) is 5.92 Å². The maximum Gasteiger partial charge on any atom is 0.306 e. The summed E-state index contributed by atoms with van der Waals surface area (Å²) in [5.74, 6) is 1.38. The van der Waals surface area contributed by atoms with Crippen molar-refractivity contribution in [2.24, 2.45) is 11.8 Å². The number of carbonyl (C=O) groups is 1. The van der Waals surface area contributed by atoms with Gasteiger partial charge in [-0.2, -0.15) is 0 Å². The van der Waals surface area contributed by atoms with Gasteiger partial charge in [0.1, 0.15) is 10.8 Å². The number of methoxy groups -OCH3 is 1. The van der Waals surface area contributed by atoms with Crippen molar-refractivity contribution < 1.29 is 14.6 Å². The van der Waals surface area contributed by atoms with Crippen LogP contribution in [0.15, 0.2) is 34.4 Å². The molecule has 1 atom stereocenters. The zero-order valence-electron chi connectivity index (χ0n) is 20.1. The lowest BCUT2D eigenvalue weighted by molar-refractivity contribution is -0.141. The largest absolute Gasteiger partial charge is 0.496 e. The lowest BCUT2D eigenvalue weighted by atomic mass is 9.89. The van der Waals surface area contributed by atoms with Gasteiger partial charge in [0, 0.05) is 29.4 Å². The van der Waals surface area contributed by atoms with Crippen molar-refractivity contribution in [2.75, 3.05) is 25.5 Å². The molecule has 8 heteroatoms. The zero-order chi connectivity index (χ0) is 23.8. The highest BCUT2D eigenvalue weighted by Crippen LogP contribution is 2.44. The summed E-state index contributed by atoms with van der Waals surface area (Å²) < 4.78 is 5.69. The number of benzene rings is 1. The maximum absolute atomic E-state index is 11.0. The van der Waals surface area contributed by atoms with Crippen LogP contribution in [0.25, 0.3) is 0 Å². The SMILES string of the molecule is CCC.COc1cc2c(cc1CN1CCC(CCC(C)C(=O)O)CC1)Nc1nccnc1S2. The van der Waals surface area contributed by atoms with Gasteiger partial charge in [-0.1, -0.05) is 39.0 Å². The van der Waals surface area contributed by atoms with Crippen LogP contribution >= 0.6 is 11.8 Å². The van der Waals surface area contributed by atoms with Crippen LogP contribution in [0.5, 0.6) is 5.75 Å². The Morgan fingerprint density at radius 3 is 2.64 bits per heavy atom. The zero-order valence-corrected chi connectivity index (χ0v) is 21.0. The Balaban J connectivity index is 0.000000968. The fourth-order valence-electron chi connectivity index (χ4n) is 4.10. The highest BCUT2D eigenvalue weighted by Gasteiger charge is 2.24. The third-order valence-electron chi connectivity index (χ3n) is 6.04. The second-order valence-electron chi connectivity index (χ2n) is 8.84. The van der Waals surface area contributed by atoms with Gasteiger partial charge in [-0.05, 0) is 56.8 Å². The smallest absolute Gasteiger partial charge is 0.306 e. The van der Waals surface area contributed by atoms with E-state index in [1.54, 1.807) is 38.2 Å². The van der Waals surface area contributed by atoms with Gasteiger partial charge in [-0.3, -0.25) is 9.69 Å². The summed E-state index contributed by atoms with van der Waals surface area (Å²) in [6, 6.07) is 4.25. The number of hydrogen-bond acceptors (Lipinski definition) is 7. The van der Waals surface area contributed by atoms with Crippen molar-refractivity contribution in [3.8, 4) is 5.75 Å². The van der Waals surface area contributed by atoms with Gasteiger partial charge in [0.25, 0.3) is 0 Å². The molecule has 0 aliphatic carbocycles. The van der Waals surface area contributed by atoms with Crippen LogP contribution in [0, 0.1) is 11.8 Å². The summed E-state index contributed by atoms with van der Waals surface area (Å²) >= 11 is 1.61. The molecule has 1 aromatic carbocycles. The molecule has 2 aliphatic heterocycles. The number of nitrogens with zero attached hydrogens (tertiary/aromatic N) is 3. The average molecular weight is 473 g/mol. The minimum absolute atomic E-state index is 0.247. The standard InChI is InChI=1S/C22H28N4O3S.C3H8/c1-14(22(27)28)3-4-15-5-9-26(10-6-15)13-16-11-17-19(12-18(16)29-2)30-21-20(25-17)23-7-8-24-21;1-3-2/h7-8,11-12,14-15H,3-6,9-10,13H2,1-2H3,(H,23,25)(H,27,28);3H2,1-2H3. The van der Waals surface area contributed by atoms with Gasteiger partial charge in [0.15, 0.2) is 5.82 Å². The Morgan fingerprint density at radius 2 is 1.97 bits per heavy atom. The third kappa shape index (κ3) is 6.84. The molecule has 0 amide bonds. The minimum Gasteiger partial charge on any atom is -0.496 e. The fraction of sp³-hybridized carbons (Fsp3) is 0.560. The van der Waals surface area contributed by atoms with E-state index < -0.39 is 5.97 Å². The number of anilines is 2. The molecule has 2 N–H and O–H groups in total. The van der Waals surface area contributed by atoms with E-state index in [1.165, 1.54) is 6.42 Å².